The molecule has 3 nitrogen and oxygen atoms in total. The van der Waals surface area contributed by atoms with E-state index >= 15 is 0 Å². The summed E-state index contributed by atoms with van der Waals surface area (Å²) in [5.41, 5.74) is 11.6. The lowest BCUT2D eigenvalue weighted by Crippen LogP contribution is -2.23. The Morgan fingerprint density at radius 3 is 2.50 bits per heavy atom. The molecule has 37 valence electrons. The molecule has 0 aromatic heterocycles. The van der Waals surface area contributed by atoms with Crippen molar-refractivity contribution in [3.05, 3.63) is 0 Å². The fourth-order valence-electron chi connectivity index (χ4n) is 0.190. The molecule has 4 N–H and O–H groups in total. The van der Waals surface area contributed by atoms with Gasteiger partial charge in [-0.25, -0.2) is 5.73 Å². The Labute approximate surface area is 37.7 Å². The molecule has 0 atom stereocenters. The fourth-order valence-corrected chi connectivity index (χ4v) is 0.190. The Kier molecular flexibility index (Phi) is 4.78. The predicted octanol–water partition coefficient (Wildman–Crippen LogP) is -1.22. The summed E-state index contributed by atoms with van der Waals surface area (Å²) in [5, 5.41) is 2.74. The van der Waals surface area contributed by atoms with Gasteiger partial charge >= 0.3 is 0 Å². The van der Waals surface area contributed by atoms with Crippen LogP contribution in [-0.2, 0) is 0 Å². The summed E-state index contributed by atoms with van der Waals surface area (Å²) in [6, 6.07) is 0. The van der Waals surface area contributed by atoms with Gasteiger partial charge in [-0.1, -0.05) is 0 Å². The molecular weight excluding hydrogens is 78.1 g/mol. The molecule has 0 bridgehead atoms. The van der Waals surface area contributed by atoms with E-state index in [0.717, 1.165) is 6.54 Å². The van der Waals surface area contributed by atoms with Gasteiger partial charge in [0.25, 0.3) is 0 Å². The van der Waals surface area contributed by atoms with Crippen LogP contribution in [0.4, 0.5) is 0 Å². The average Bonchev–Trinajstić information content (AvgIpc) is 1.61. The van der Waals surface area contributed by atoms with Crippen LogP contribution in [0.3, 0.4) is 0 Å². The third-order valence-electron chi connectivity index (χ3n) is 0.446. The van der Waals surface area contributed by atoms with Gasteiger partial charge in [0, 0.05) is 13.1 Å². The molecule has 0 heterocycles. The Morgan fingerprint density at radius 2 is 2.33 bits per heavy atom. The van der Waals surface area contributed by atoms with Crippen molar-refractivity contribution < 1.29 is 0 Å². The van der Waals surface area contributed by atoms with E-state index in [1.807, 2.05) is 0 Å². The maximum atomic E-state index is 6.54. The summed E-state index contributed by atoms with van der Waals surface area (Å²) in [6.07, 6.45) is 0. The maximum absolute atomic E-state index is 6.54. The van der Waals surface area contributed by atoms with Crippen LogP contribution in [0.5, 0.6) is 0 Å². The first-order valence-electron chi connectivity index (χ1n) is 1.97. The van der Waals surface area contributed by atoms with Gasteiger partial charge in [0.15, 0.2) is 0 Å². The average molecular weight is 88.1 g/mol. The predicted molar refractivity (Wildman–Crippen MR) is 25.0 cm³/mol. The van der Waals surface area contributed by atoms with Gasteiger partial charge in [-0.3, -0.25) is 0 Å². The quantitative estimate of drug-likeness (QED) is 0.424. The molecule has 0 aliphatic carbocycles. The fraction of sp³-hybridized carbons (Fsp3) is 1.00. The van der Waals surface area contributed by atoms with Crippen molar-refractivity contribution in [2.24, 2.45) is 5.73 Å². The highest BCUT2D eigenvalue weighted by molar-refractivity contribution is 4.37. The summed E-state index contributed by atoms with van der Waals surface area (Å²) in [7, 11) is 0. The second-order valence-electron chi connectivity index (χ2n) is 0.965. The van der Waals surface area contributed by atoms with Crippen molar-refractivity contribution in [3.63, 3.8) is 0 Å². The van der Waals surface area contributed by atoms with Crippen LogP contribution in [0.25, 0.3) is 0 Å². The summed E-state index contributed by atoms with van der Waals surface area (Å²) >= 11 is 0. The smallest absolute Gasteiger partial charge is 0.0590 e. The van der Waals surface area contributed by atoms with Gasteiger partial charge in [-0.05, 0) is 0 Å². The van der Waals surface area contributed by atoms with E-state index in [0.29, 0.717) is 6.54 Å². The van der Waals surface area contributed by atoms with Crippen LogP contribution >= 0.6 is 0 Å². The second kappa shape index (κ2) is 4.88. The van der Waals surface area contributed by atoms with E-state index in [9.17, 15) is 0 Å². The molecule has 0 aliphatic rings. The maximum Gasteiger partial charge on any atom is 0.0590 e. The molecule has 0 fully saturated rings. The highest BCUT2D eigenvalue weighted by Gasteiger charge is 1.71. The first kappa shape index (κ1) is 5.88. The second-order valence-corrected chi connectivity index (χ2v) is 0.965. The van der Waals surface area contributed by atoms with E-state index in [1.54, 1.807) is 0 Å². The minimum atomic E-state index is 0.275. The van der Waals surface area contributed by atoms with Crippen LogP contribution in [-0.4, -0.2) is 19.8 Å². The van der Waals surface area contributed by atoms with Crippen LogP contribution in [0.2, 0.25) is 0 Å². The largest absolute Gasteiger partial charge is 0.329 e. The van der Waals surface area contributed by atoms with Crippen molar-refractivity contribution in [1.82, 2.24) is 11.1 Å². The third kappa shape index (κ3) is 3.88. The lowest BCUT2D eigenvalue weighted by atomic mass is 10.7. The number of hydrogen-bond acceptors (Lipinski definition) is 2. The monoisotopic (exact) mass is 88.1 g/mol. The van der Waals surface area contributed by atoms with Gasteiger partial charge < -0.3 is 11.1 Å². The Morgan fingerprint density at radius 1 is 1.67 bits per heavy atom. The molecule has 0 aromatic carbocycles. The molecule has 0 aliphatic heterocycles. The van der Waals surface area contributed by atoms with Crippen LogP contribution in [0.1, 0.15) is 0 Å². The molecule has 0 rings (SSSR count). The summed E-state index contributed by atoms with van der Waals surface area (Å²) in [5.74, 6) is 0. The Bertz CT molecular complexity index is 18.0. The van der Waals surface area contributed by atoms with Crippen molar-refractivity contribution in [2.45, 2.75) is 0 Å². The van der Waals surface area contributed by atoms with Crippen molar-refractivity contribution >= 4 is 0 Å². The van der Waals surface area contributed by atoms with Crippen molar-refractivity contribution in [1.29, 1.82) is 0 Å². The molecule has 6 heavy (non-hydrogen) atoms. The number of nitrogens with one attached hydrogen (secondary N) is 2. The highest BCUT2D eigenvalue weighted by atomic mass is 15.0. The third-order valence-corrected chi connectivity index (χ3v) is 0.446. The molecular formula is C3H10N3. The first-order valence-corrected chi connectivity index (χ1v) is 1.97. The standard InChI is InChI=1S/C3H10N3/c4-1-2-6-3-5/h5-6H,1-4H2. The highest BCUT2D eigenvalue weighted by Crippen LogP contribution is 1.43. The zero-order valence-electron chi connectivity index (χ0n) is 3.70. The lowest BCUT2D eigenvalue weighted by molar-refractivity contribution is 0.698. The zero-order valence-corrected chi connectivity index (χ0v) is 3.70. The molecule has 1 radical (unpaired) electrons. The first-order chi connectivity index (χ1) is 2.91. The van der Waals surface area contributed by atoms with Crippen molar-refractivity contribution in [3.8, 4) is 0 Å². The Hall–Kier alpha value is -0.120. The summed E-state index contributed by atoms with van der Waals surface area (Å²) in [6.45, 7) is 1.65. The van der Waals surface area contributed by atoms with Crippen LogP contribution < -0.4 is 16.8 Å². The van der Waals surface area contributed by atoms with E-state index < -0.39 is 0 Å². The zero-order chi connectivity index (χ0) is 4.83. The van der Waals surface area contributed by atoms with E-state index in [2.05, 4.69) is 5.32 Å². The molecule has 0 aromatic rings. The number of hydrogen-bond donors (Lipinski definition) is 2. The molecule has 0 spiro atoms. The molecule has 0 saturated carbocycles. The van der Waals surface area contributed by atoms with Crippen LogP contribution in [0, 0.1) is 0 Å². The minimum Gasteiger partial charge on any atom is -0.329 e. The van der Waals surface area contributed by atoms with Crippen LogP contribution in [0.15, 0.2) is 0 Å². The van der Waals surface area contributed by atoms with E-state index in [4.69, 9.17) is 11.5 Å². The molecule has 3 heteroatoms. The Balaban J connectivity index is 2.34. The summed E-state index contributed by atoms with van der Waals surface area (Å²) < 4.78 is 0. The van der Waals surface area contributed by atoms with E-state index in [-0.39, 0.29) is 6.67 Å². The van der Waals surface area contributed by atoms with Gasteiger partial charge in [-0.15, -0.1) is 0 Å². The number of rotatable bonds is 3. The van der Waals surface area contributed by atoms with Crippen molar-refractivity contribution in [2.75, 3.05) is 19.8 Å². The lowest BCUT2D eigenvalue weighted by Gasteiger charge is -1.91. The van der Waals surface area contributed by atoms with Gasteiger partial charge in [0.05, 0.1) is 6.67 Å². The van der Waals surface area contributed by atoms with Gasteiger partial charge in [0.2, 0.25) is 0 Å². The topological polar surface area (TPSA) is 61.8 Å². The molecule has 0 amide bonds. The van der Waals surface area contributed by atoms with Gasteiger partial charge in [0.1, 0.15) is 0 Å². The summed E-state index contributed by atoms with van der Waals surface area (Å²) in [4.78, 5) is 0. The molecule has 0 saturated heterocycles. The van der Waals surface area contributed by atoms with E-state index in [1.165, 1.54) is 0 Å². The SMILES string of the molecule is [NH]CNCCN. The minimum absolute atomic E-state index is 0.275. The van der Waals surface area contributed by atoms with Gasteiger partial charge in [-0.2, -0.15) is 0 Å². The number of nitrogens with two attached hydrogens (primary N) is 1. The molecule has 0 unspecified atom stereocenters. The normalized spacial score (nSPS) is 9.00.